The van der Waals surface area contributed by atoms with Crippen molar-refractivity contribution in [3.05, 3.63) is 23.9 Å². The topological polar surface area (TPSA) is 16.1 Å². The minimum atomic E-state index is -4.32. The van der Waals surface area contributed by atoms with Crippen molar-refractivity contribution in [1.29, 1.82) is 0 Å². The van der Waals surface area contributed by atoms with Crippen LogP contribution in [0.4, 0.5) is 19.0 Å². The Morgan fingerprint density at radius 3 is 2.61 bits per heavy atom. The zero-order chi connectivity index (χ0) is 13.3. The number of alkyl halides is 3. The fourth-order valence-electron chi connectivity index (χ4n) is 1.98. The van der Waals surface area contributed by atoms with Gasteiger partial charge >= 0.3 is 6.18 Å². The zero-order valence-electron chi connectivity index (χ0n) is 10.2. The van der Waals surface area contributed by atoms with E-state index in [4.69, 9.17) is 0 Å². The zero-order valence-corrected chi connectivity index (χ0v) is 11.1. The van der Waals surface area contributed by atoms with Gasteiger partial charge in [0.2, 0.25) is 0 Å². The van der Waals surface area contributed by atoms with Crippen LogP contribution >= 0.6 is 11.8 Å². The average molecular weight is 276 g/mol. The van der Waals surface area contributed by atoms with Crippen LogP contribution in [0.2, 0.25) is 0 Å². The molecule has 1 fully saturated rings. The van der Waals surface area contributed by atoms with E-state index in [1.165, 1.54) is 6.07 Å². The van der Waals surface area contributed by atoms with Crippen LogP contribution in [-0.2, 0) is 6.18 Å². The third kappa shape index (κ3) is 2.74. The van der Waals surface area contributed by atoms with Gasteiger partial charge in [-0.2, -0.15) is 24.9 Å². The molecule has 2 nitrogen and oxygen atoms in total. The predicted molar refractivity (Wildman–Crippen MR) is 68.0 cm³/mol. The summed E-state index contributed by atoms with van der Waals surface area (Å²) < 4.78 is 37.3. The summed E-state index contributed by atoms with van der Waals surface area (Å²) in [6.07, 6.45) is -3.41. The fourth-order valence-corrected chi connectivity index (χ4v) is 3.08. The summed E-state index contributed by atoms with van der Waals surface area (Å²) in [5, 5.41) is 0.461. The lowest BCUT2D eigenvalue weighted by Crippen LogP contribution is -2.45. The van der Waals surface area contributed by atoms with Crippen LogP contribution in [-0.4, -0.2) is 28.6 Å². The minimum Gasteiger partial charge on any atom is -0.352 e. The number of hydrogen-bond acceptors (Lipinski definition) is 3. The van der Waals surface area contributed by atoms with Crippen LogP contribution < -0.4 is 4.90 Å². The first kappa shape index (κ1) is 13.5. The molecule has 2 atom stereocenters. The Morgan fingerprint density at radius 2 is 2.06 bits per heavy atom. The van der Waals surface area contributed by atoms with Gasteiger partial charge in [-0.1, -0.05) is 6.92 Å². The molecule has 0 aromatic carbocycles. The van der Waals surface area contributed by atoms with Gasteiger partial charge in [-0.15, -0.1) is 0 Å². The van der Waals surface area contributed by atoms with Crippen LogP contribution in [0.5, 0.6) is 0 Å². The molecule has 1 aromatic heterocycles. The molecule has 2 rings (SSSR count). The van der Waals surface area contributed by atoms with Crippen molar-refractivity contribution >= 4 is 17.6 Å². The summed E-state index contributed by atoms with van der Waals surface area (Å²) in [6, 6.07) is 2.84. The van der Waals surface area contributed by atoms with E-state index in [2.05, 4.69) is 23.7 Å². The van der Waals surface area contributed by atoms with Gasteiger partial charge in [0, 0.05) is 29.8 Å². The number of aromatic nitrogens is 1. The lowest BCUT2D eigenvalue weighted by Gasteiger charge is -2.38. The molecule has 0 amide bonds. The van der Waals surface area contributed by atoms with Gasteiger partial charge < -0.3 is 4.90 Å². The van der Waals surface area contributed by atoms with E-state index < -0.39 is 11.7 Å². The van der Waals surface area contributed by atoms with Crippen LogP contribution in [0.3, 0.4) is 0 Å². The second-order valence-electron chi connectivity index (χ2n) is 4.41. The standard InChI is InChI=1S/C12H15F3N2S/c1-8-9(2)18-6-5-17(8)11-4-3-10(7-16-11)12(13,14)15/h3-4,7-9H,5-6H2,1-2H3. The normalized spacial score (nSPS) is 25.3. The van der Waals surface area contributed by atoms with Crippen molar-refractivity contribution in [2.24, 2.45) is 0 Å². The Balaban J connectivity index is 2.19. The molecule has 0 spiro atoms. The van der Waals surface area contributed by atoms with Gasteiger partial charge in [0.1, 0.15) is 5.82 Å². The first-order valence-corrected chi connectivity index (χ1v) is 6.86. The lowest BCUT2D eigenvalue weighted by atomic mass is 10.2. The van der Waals surface area contributed by atoms with Gasteiger partial charge in [-0.05, 0) is 19.1 Å². The van der Waals surface area contributed by atoms with Crippen molar-refractivity contribution in [3.63, 3.8) is 0 Å². The minimum absolute atomic E-state index is 0.285. The van der Waals surface area contributed by atoms with E-state index >= 15 is 0 Å². The number of hydrogen-bond donors (Lipinski definition) is 0. The molecule has 0 radical (unpaired) electrons. The number of anilines is 1. The molecule has 0 saturated carbocycles. The molecule has 2 unspecified atom stereocenters. The largest absolute Gasteiger partial charge is 0.417 e. The third-order valence-corrected chi connectivity index (χ3v) is 4.59. The molecule has 0 aliphatic carbocycles. The number of halogens is 3. The van der Waals surface area contributed by atoms with Crippen molar-refractivity contribution in [3.8, 4) is 0 Å². The number of thioether (sulfide) groups is 1. The highest BCUT2D eigenvalue weighted by Crippen LogP contribution is 2.31. The summed E-state index contributed by atoms with van der Waals surface area (Å²) in [6.45, 7) is 5.04. The Morgan fingerprint density at radius 1 is 1.33 bits per heavy atom. The number of rotatable bonds is 1. The molecule has 18 heavy (non-hydrogen) atoms. The molecular formula is C12H15F3N2S. The van der Waals surface area contributed by atoms with Crippen molar-refractivity contribution < 1.29 is 13.2 Å². The van der Waals surface area contributed by atoms with Crippen molar-refractivity contribution in [2.45, 2.75) is 31.3 Å². The Labute approximate surface area is 109 Å². The van der Waals surface area contributed by atoms with Gasteiger partial charge in [-0.3, -0.25) is 0 Å². The van der Waals surface area contributed by atoms with Crippen LogP contribution in [0.15, 0.2) is 18.3 Å². The van der Waals surface area contributed by atoms with Gasteiger partial charge in [0.05, 0.1) is 5.56 Å². The molecule has 1 saturated heterocycles. The molecular weight excluding hydrogens is 261 g/mol. The second-order valence-corrected chi connectivity index (χ2v) is 5.90. The monoisotopic (exact) mass is 276 g/mol. The smallest absolute Gasteiger partial charge is 0.352 e. The molecule has 100 valence electrons. The molecule has 1 aliphatic heterocycles. The third-order valence-electron chi connectivity index (χ3n) is 3.25. The van der Waals surface area contributed by atoms with E-state index in [1.807, 2.05) is 11.8 Å². The highest BCUT2D eigenvalue weighted by molar-refractivity contribution is 8.00. The Hall–Kier alpha value is -0.910. The predicted octanol–water partition coefficient (Wildman–Crippen LogP) is 3.43. The van der Waals surface area contributed by atoms with Gasteiger partial charge in [-0.25, -0.2) is 4.98 Å². The van der Waals surface area contributed by atoms with E-state index in [-0.39, 0.29) is 6.04 Å². The second kappa shape index (κ2) is 4.99. The maximum Gasteiger partial charge on any atom is 0.417 e. The first-order valence-electron chi connectivity index (χ1n) is 5.81. The average Bonchev–Trinajstić information content (AvgIpc) is 2.32. The van der Waals surface area contributed by atoms with Gasteiger partial charge in [0.25, 0.3) is 0 Å². The van der Waals surface area contributed by atoms with Crippen LogP contribution in [0.25, 0.3) is 0 Å². The highest BCUT2D eigenvalue weighted by Gasteiger charge is 2.31. The molecule has 0 bridgehead atoms. The molecule has 1 aliphatic rings. The Kier molecular flexibility index (Phi) is 3.75. The van der Waals surface area contributed by atoms with E-state index in [1.54, 1.807) is 0 Å². The molecule has 2 heterocycles. The van der Waals surface area contributed by atoms with Gasteiger partial charge in [0.15, 0.2) is 0 Å². The molecule has 1 aromatic rings. The fraction of sp³-hybridized carbons (Fsp3) is 0.583. The van der Waals surface area contributed by atoms with Crippen molar-refractivity contribution in [2.75, 3.05) is 17.2 Å². The number of nitrogens with zero attached hydrogens (tertiary/aromatic N) is 2. The summed E-state index contributed by atoms with van der Waals surface area (Å²) >= 11 is 1.88. The summed E-state index contributed by atoms with van der Waals surface area (Å²) in [5.74, 6) is 1.61. The van der Waals surface area contributed by atoms with E-state index in [0.29, 0.717) is 11.1 Å². The SMILES string of the molecule is CC1SCCN(c2ccc(C(F)(F)F)cn2)C1C. The van der Waals surface area contributed by atoms with Crippen LogP contribution in [0.1, 0.15) is 19.4 Å². The number of pyridine rings is 1. The molecule has 0 N–H and O–H groups in total. The summed E-state index contributed by atoms with van der Waals surface area (Å²) in [5.41, 5.74) is -0.696. The van der Waals surface area contributed by atoms with Crippen LogP contribution in [0, 0.1) is 0 Å². The van der Waals surface area contributed by atoms with E-state index in [0.717, 1.165) is 24.6 Å². The van der Waals surface area contributed by atoms with Crippen molar-refractivity contribution in [1.82, 2.24) is 4.98 Å². The molecule has 6 heteroatoms. The maximum absolute atomic E-state index is 12.4. The Bertz CT molecular complexity index is 405. The first-order chi connectivity index (χ1) is 8.39. The lowest BCUT2D eigenvalue weighted by molar-refractivity contribution is -0.137. The summed E-state index contributed by atoms with van der Waals surface area (Å²) in [7, 11) is 0. The highest BCUT2D eigenvalue weighted by atomic mass is 32.2. The quantitative estimate of drug-likeness (QED) is 0.781. The maximum atomic E-state index is 12.4. The van der Waals surface area contributed by atoms with E-state index in [9.17, 15) is 13.2 Å². The summed E-state index contributed by atoms with van der Waals surface area (Å²) in [4.78, 5) is 6.02.